The van der Waals surface area contributed by atoms with Gasteiger partial charge in [0.25, 0.3) is 17.1 Å². The van der Waals surface area contributed by atoms with Crippen molar-refractivity contribution in [3.8, 4) is 0 Å². The maximum absolute atomic E-state index is 10.8. The summed E-state index contributed by atoms with van der Waals surface area (Å²) in [4.78, 5) is 46.8. The average Bonchev–Trinajstić information content (AvgIpc) is 3.08. The van der Waals surface area contributed by atoms with Gasteiger partial charge in [0.15, 0.2) is 0 Å². The van der Waals surface area contributed by atoms with Crippen LogP contribution in [0.2, 0.25) is 0 Å². The lowest BCUT2D eigenvalue weighted by Gasteiger charge is -2.31. The SMILES string of the molecule is Cc1cc([N+](=O)[O-])cc(Br)n1.Cc1cc([N+](=O)[O-])cc(N2CCC[C@H](O)C2)n1.Cc1cc([N+](=O)[O-])cc(N2CCC[C@H](O)C2)n1.O[C@H]1CCCNC1. The molecule has 0 bridgehead atoms. The van der Waals surface area contributed by atoms with Gasteiger partial charge in [-0.2, -0.15) is 0 Å². The van der Waals surface area contributed by atoms with Gasteiger partial charge in [0, 0.05) is 74.1 Å². The molecule has 3 aliphatic rings. The van der Waals surface area contributed by atoms with Crippen molar-refractivity contribution in [2.45, 2.75) is 77.6 Å². The summed E-state index contributed by atoms with van der Waals surface area (Å²) >= 11 is 3.07. The Morgan fingerprint density at radius 1 is 0.654 bits per heavy atom. The molecule has 6 rings (SSSR count). The minimum absolute atomic E-state index is 0.0487. The van der Waals surface area contributed by atoms with E-state index in [9.17, 15) is 40.6 Å². The van der Waals surface area contributed by atoms with E-state index in [1.54, 1.807) is 20.8 Å². The van der Waals surface area contributed by atoms with Crippen LogP contribution < -0.4 is 15.1 Å². The highest BCUT2D eigenvalue weighted by Crippen LogP contribution is 2.25. The van der Waals surface area contributed by atoms with Crippen molar-refractivity contribution in [1.82, 2.24) is 20.3 Å². The number of anilines is 2. The molecule has 18 nitrogen and oxygen atoms in total. The molecule has 3 aromatic heterocycles. The lowest BCUT2D eigenvalue weighted by Crippen LogP contribution is -2.38. The molecule has 52 heavy (non-hydrogen) atoms. The van der Waals surface area contributed by atoms with Gasteiger partial charge in [0.2, 0.25) is 0 Å². The van der Waals surface area contributed by atoms with Gasteiger partial charge in [-0.15, -0.1) is 0 Å². The van der Waals surface area contributed by atoms with Crippen molar-refractivity contribution >= 4 is 44.6 Å². The number of piperidine rings is 3. The number of hydrogen-bond acceptors (Lipinski definition) is 15. The zero-order valence-corrected chi connectivity index (χ0v) is 31.0. The first-order valence-corrected chi connectivity index (χ1v) is 17.7. The highest BCUT2D eigenvalue weighted by atomic mass is 79.9. The number of nitro groups is 3. The van der Waals surface area contributed by atoms with Gasteiger partial charge in [0.1, 0.15) is 16.2 Å². The molecule has 0 amide bonds. The normalized spacial score (nSPS) is 19.8. The average molecular weight is 793 g/mol. The first kappa shape index (κ1) is 42.0. The number of nitrogens with zero attached hydrogens (tertiary/aromatic N) is 8. The van der Waals surface area contributed by atoms with E-state index in [-0.39, 0.29) is 35.4 Å². The molecule has 4 N–H and O–H groups in total. The molecule has 3 atom stereocenters. The van der Waals surface area contributed by atoms with E-state index in [4.69, 9.17) is 5.11 Å². The Bertz CT molecular complexity index is 1560. The van der Waals surface area contributed by atoms with Crippen LogP contribution in [0.5, 0.6) is 0 Å². The molecule has 0 unspecified atom stereocenters. The van der Waals surface area contributed by atoms with Gasteiger partial charge in [-0.3, -0.25) is 30.3 Å². The third-order valence-electron chi connectivity index (χ3n) is 8.10. The minimum Gasteiger partial charge on any atom is -0.392 e. The molecule has 3 aromatic rings. The van der Waals surface area contributed by atoms with Crippen LogP contribution in [0.15, 0.2) is 41.0 Å². The monoisotopic (exact) mass is 791 g/mol. The van der Waals surface area contributed by atoms with E-state index in [1.807, 2.05) is 9.80 Å². The van der Waals surface area contributed by atoms with Gasteiger partial charge in [0.05, 0.1) is 45.2 Å². The van der Waals surface area contributed by atoms with E-state index < -0.39 is 14.8 Å². The maximum Gasteiger partial charge on any atom is 0.274 e. The molecule has 0 saturated carbocycles. The number of β-amino-alcohol motifs (C(OH)–C–C–N with tert-alkyl or cyclic N) is 3. The largest absolute Gasteiger partial charge is 0.392 e. The lowest BCUT2D eigenvalue weighted by atomic mass is 10.1. The minimum atomic E-state index is -0.445. The molecule has 6 heterocycles. The number of hydrogen-bond donors (Lipinski definition) is 4. The summed E-state index contributed by atoms with van der Waals surface area (Å²) in [5, 5.41) is 62.9. The first-order valence-electron chi connectivity index (χ1n) is 16.9. The molecule has 3 aliphatic heterocycles. The quantitative estimate of drug-likeness (QED) is 0.160. The van der Waals surface area contributed by atoms with Crippen LogP contribution in [0.3, 0.4) is 0 Å². The molecule has 3 fully saturated rings. The summed E-state index contributed by atoms with van der Waals surface area (Å²) in [7, 11) is 0. The highest BCUT2D eigenvalue weighted by molar-refractivity contribution is 9.10. The Kier molecular flexibility index (Phi) is 16.6. The van der Waals surface area contributed by atoms with Crippen LogP contribution in [-0.4, -0.2) is 103 Å². The van der Waals surface area contributed by atoms with Crippen molar-refractivity contribution in [1.29, 1.82) is 0 Å². The zero-order chi connectivity index (χ0) is 38.4. The topological polar surface area (TPSA) is 247 Å². The highest BCUT2D eigenvalue weighted by Gasteiger charge is 2.22. The number of rotatable bonds is 5. The smallest absolute Gasteiger partial charge is 0.274 e. The number of pyridine rings is 3. The third kappa shape index (κ3) is 14.3. The fourth-order valence-electron chi connectivity index (χ4n) is 5.68. The maximum atomic E-state index is 10.8. The van der Waals surface area contributed by atoms with Crippen molar-refractivity contribution in [3.63, 3.8) is 0 Å². The van der Waals surface area contributed by atoms with Crippen molar-refractivity contribution in [3.05, 3.63) is 88.4 Å². The summed E-state index contributed by atoms with van der Waals surface area (Å²) in [6.07, 6.45) is 4.61. The van der Waals surface area contributed by atoms with Gasteiger partial charge in [-0.05, 0) is 81.8 Å². The molecule has 19 heteroatoms. The van der Waals surface area contributed by atoms with Gasteiger partial charge in [-0.1, -0.05) is 0 Å². The Morgan fingerprint density at radius 3 is 1.38 bits per heavy atom. The number of aliphatic hydroxyl groups is 3. The van der Waals surface area contributed by atoms with E-state index in [0.717, 1.165) is 64.7 Å². The van der Waals surface area contributed by atoms with Crippen LogP contribution in [0.1, 0.15) is 55.6 Å². The lowest BCUT2D eigenvalue weighted by molar-refractivity contribution is -0.385. The van der Waals surface area contributed by atoms with Crippen LogP contribution >= 0.6 is 15.9 Å². The summed E-state index contributed by atoms with van der Waals surface area (Å²) < 4.78 is 0.490. The zero-order valence-electron chi connectivity index (χ0n) is 29.4. The van der Waals surface area contributed by atoms with E-state index in [1.165, 1.54) is 36.4 Å². The predicted octanol–water partition coefficient (Wildman–Crippen LogP) is 4.31. The predicted molar refractivity (Wildman–Crippen MR) is 198 cm³/mol. The second-order valence-corrected chi connectivity index (χ2v) is 13.5. The fourth-order valence-corrected chi connectivity index (χ4v) is 6.19. The molecule has 284 valence electrons. The van der Waals surface area contributed by atoms with Crippen molar-refractivity contribution < 1.29 is 30.1 Å². The second-order valence-electron chi connectivity index (χ2n) is 12.7. The molecule has 3 saturated heterocycles. The molecule has 0 aromatic carbocycles. The summed E-state index contributed by atoms with van der Waals surface area (Å²) in [5.74, 6) is 1.16. The molecular weight excluding hydrogens is 746 g/mol. The van der Waals surface area contributed by atoms with Crippen molar-refractivity contribution in [2.75, 3.05) is 49.1 Å². The third-order valence-corrected chi connectivity index (χ3v) is 8.51. The molecule has 0 radical (unpaired) electrons. The Morgan fingerprint density at radius 2 is 1.06 bits per heavy atom. The Balaban J connectivity index is 0.000000196. The number of nitrogens with one attached hydrogen (secondary N) is 1. The Labute approximate surface area is 309 Å². The summed E-state index contributed by atoms with van der Waals surface area (Å²) in [5.41, 5.74) is 2.03. The van der Waals surface area contributed by atoms with E-state index in [0.29, 0.717) is 46.4 Å². The van der Waals surface area contributed by atoms with Crippen LogP contribution in [0.4, 0.5) is 28.7 Å². The summed E-state index contributed by atoms with van der Waals surface area (Å²) in [6.45, 7) is 9.60. The fraction of sp³-hybridized carbons (Fsp3) is 0.545. The van der Waals surface area contributed by atoms with Crippen LogP contribution in [-0.2, 0) is 0 Å². The van der Waals surface area contributed by atoms with Gasteiger partial charge in [-0.25, -0.2) is 15.0 Å². The van der Waals surface area contributed by atoms with Gasteiger partial charge >= 0.3 is 0 Å². The van der Waals surface area contributed by atoms with E-state index >= 15 is 0 Å². The Hall–Kier alpha value is -4.43. The van der Waals surface area contributed by atoms with Crippen LogP contribution in [0.25, 0.3) is 0 Å². The second kappa shape index (κ2) is 20.6. The molecule has 0 aliphatic carbocycles. The number of aryl methyl sites for hydroxylation is 3. The first-order chi connectivity index (χ1) is 24.6. The number of halogens is 1. The molecule has 0 spiro atoms. The number of aromatic nitrogens is 3. The number of aliphatic hydroxyl groups excluding tert-OH is 3. The molecular formula is C33H46BrN9O9. The van der Waals surface area contributed by atoms with Gasteiger partial charge < -0.3 is 30.4 Å². The van der Waals surface area contributed by atoms with Crippen LogP contribution in [0, 0.1) is 51.1 Å². The summed E-state index contributed by atoms with van der Waals surface area (Å²) in [6, 6.07) is 8.61. The standard InChI is InChI=1S/2C11H15N3O3.C6H5BrN2O2.C5H11NO/c2*1-8-5-9(14(16)17)6-11(12-8)13-4-2-3-10(15)7-13;1-4-2-5(9(10)11)3-6(7)8-4;7-5-2-1-3-6-4-5/h2*5-6,10,15H,2-4,7H2,1H3;2-3H,1H3;5-7H,1-4H2/t2*10-;;5-/m00.0/s1. The van der Waals surface area contributed by atoms with Crippen molar-refractivity contribution in [2.24, 2.45) is 0 Å². The van der Waals surface area contributed by atoms with E-state index in [2.05, 4.69) is 36.2 Å².